The molecule has 2 fully saturated rings. The Morgan fingerprint density at radius 3 is 2.86 bits per heavy atom. The number of nitrogens with one attached hydrogen (secondary N) is 4. The molecular formula is C21H27N7O8S. The van der Waals surface area contributed by atoms with Gasteiger partial charge in [-0.1, -0.05) is 18.2 Å². The smallest absolute Gasteiger partial charge is 0.362 e. The summed E-state index contributed by atoms with van der Waals surface area (Å²) in [6, 6.07) is 6.69. The molecule has 200 valence electrons. The molecule has 0 aliphatic carbocycles. The number of aliphatic hydroxyl groups is 2. The van der Waals surface area contributed by atoms with Gasteiger partial charge in [-0.15, -0.1) is 0 Å². The van der Waals surface area contributed by atoms with Gasteiger partial charge in [0.2, 0.25) is 5.91 Å². The number of para-hydroxylation sites is 1. The van der Waals surface area contributed by atoms with Crippen LogP contribution in [0.5, 0.6) is 0 Å². The van der Waals surface area contributed by atoms with Crippen LogP contribution in [0, 0.1) is 0 Å². The van der Waals surface area contributed by atoms with Crippen molar-refractivity contribution in [1.82, 2.24) is 25.2 Å². The summed E-state index contributed by atoms with van der Waals surface area (Å²) < 4.78 is 36.9. The number of H-pyrrole nitrogens is 1. The van der Waals surface area contributed by atoms with Crippen LogP contribution in [0.3, 0.4) is 0 Å². The molecule has 7 atom stereocenters. The number of nitrogens with two attached hydrogens (primary N) is 1. The van der Waals surface area contributed by atoms with E-state index in [0.717, 1.165) is 16.5 Å². The number of aryl methyl sites for hydroxylation is 1. The molecule has 37 heavy (non-hydrogen) atoms. The second-order valence-electron chi connectivity index (χ2n) is 8.92. The third-order valence-electron chi connectivity index (χ3n) is 6.45. The lowest BCUT2D eigenvalue weighted by Crippen LogP contribution is -2.70. The van der Waals surface area contributed by atoms with E-state index in [1.165, 1.54) is 11.2 Å². The zero-order chi connectivity index (χ0) is 26.3. The van der Waals surface area contributed by atoms with Gasteiger partial charge in [-0.05, 0) is 18.1 Å². The normalized spacial score (nSPS) is 31.5. The van der Waals surface area contributed by atoms with Crippen LogP contribution in [0.15, 0.2) is 35.5 Å². The van der Waals surface area contributed by atoms with E-state index < -0.39 is 71.8 Å². The molecule has 2 saturated heterocycles. The Labute approximate surface area is 211 Å². The van der Waals surface area contributed by atoms with Gasteiger partial charge in [0.15, 0.2) is 12.3 Å². The van der Waals surface area contributed by atoms with Crippen molar-refractivity contribution in [1.29, 1.82) is 0 Å². The highest BCUT2D eigenvalue weighted by Crippen LogP contribution is 2.29. The summed E-state index contributed by atoms with van der Waals surface area (Å²) in [6.07, 6.45) is -3.76. The highest BCUT2D eigenvalue weighted by molar-refractivity contribution is 7.85. The first-order chi connectivity index (χ1) is 17.6. The van der Waals surface area contributed by atoms with Gasteiger partial charge in [-0.2, -0.15) is 8.42 Å². The molecule has 5 rings (SSSR count). The minimum atomic E-state index is -4.51. The van der Waals surface area contributed by atoms with E-state index in [2.05, 4.69) is 20.6 Å². The van der Waals surface area contributed by atoms with E-state index in [0.29, 0.717) is 6.42 Å². The zero-order valence-electron chi connectivity index (χ0n) is 19.4. The monoisotopic (exact) mass is 537 g/mol. The maximum Gasteiger partial charge on any atom is 0.362 e. The number of fused-ring (bicyclic) bond motifs is 2. The minimum Gasteiger partial charge on any atom is -0.387 e. The summed E-state index contributed by atoms with van der Waals surface area (Å²) in [5.74, 6) is -1.19. The summed E-state index contributed by atoms with van der Waals surface area (Å²) in [5.41, 5.74) is 7.51. The molecule has 8 N–H and O–H groups in total. The number of ether oxygens (including phenoxy) is 1. The molecule has 0 saturated carbocycles. The molecule has 2 amide bonds. The number of carbonyl (C=O) groups is 2. The summed E-state index contributed by atoms with van der Waals surface area (Å²) in [5, 5.41) is 27.2. The number of aliphatic hydroxyl groups excluding tert-OH is 2. The van der Waals surface area contributed by atoms with Crippen molar-refractivity contribution in [2.24, 2.45) is 10.7 Å². The molecule has 15 nitrogen and oxygen atoms in total. The van der Waals surface area contributed by atoms with E-state index in [9.17, 15) is 28.2 Å². The number of amides is 2. The van der Waals surface area contributed by atoms with Gasteiger partial charge in [-0.3, -0.25) is 29.8 Å². The minimum absolute atomic E-state index is 0.104. The number of aromatic amines is 1. The van der Waals surface area contributed by atoms with Gasteiger partial charge in [0.25, 0.3) is 5.91 Å². The van der Waals surface area contributed by atoms with Crippen LogP contribution in [0.2, 0.25) is 0 Å². The molecular weight excluding hydrogens is 510 g/mol. The fourth-order valence-electron chi connectivity index (χ4n) is 4.62. The molecule has 1 aromatic carbocycles. The second-order valence-corrected chi connectivity index (χ2v) is 10.3. The highest BCUT2D eigenvalue weighted by atomic mass is 32.2. The lowest BCUT2D eigenvalue weighted by Gasteiger charge is -2.38. The molecule has 3 aliphatic heterocycles. The Morgan fingerprint density at radius 2 is 2.05 bits per heavy atom. The van der Waals surface area contributed by atoms with E-state index in [1.54, 1.807) is 6.20 Å². The number of hydrogen-bond donors (Lipinski definition) is 7. The van der Waals surface area contributed by atoms with Crippen molar-refractivity contribution in [3.63, 3.8) is 0 Å². The molecule has 0 radical (unpaired) electrons. The number of rotatable bonds is 8. The van der Waals surface area contributed by atoms with Crippen LogP contribution in [0.25, 0.3) is 10.9 Å². The Balaban J connectivity index is 1.14. The average molecular weight is 538 g/mol. The van der Waals surface area contributed by atoms with Crippen LogP contribution in [0.1, 0.15) is 12.0 Å². The predicted molar refractivity (Wildman–Crippen MR) is 127 cm³/mol. The van der Waals surface area contributed by atoms with Gasteiger partial charge in [-0.25, -0.2) is 4.72 Å². The molecule has 0 bridgehead atoms. The quantitative estimate of drug-likeness (QED) is 0.179. The van der Waals surface area contributed by atoms with E-state index >= 15 is 0 Å². The fraction of sp³-hybridized carbons (Fsp3) is 0.476. The summed E-state index contributed by atoms with van der Waals surface area (Å²) in [6.45, 7) is -0.674. The number of aromatic nitrogens is 1. The summed E-state index contributed by atoms with van der Waals surface area (Å²) >= 11 is 0. The van der Waals surface area contributed by atoms with Crippen molar-refractivity contribution in [3.8, 4) is 0 Å². The van der Waals surface area contributed by atoms with Crippen molar-refractivity contribution in [2.45, 2.75) is 55.9 Å². The second kappa shape index (κ2) is 9.97. The number of nitrogens with zero attached hydrogens (tertiary/aromatic N) is 2. The van der Waals surface area contributed by atoms with Crippen LogP contribution in [-0.4, -0.2) is 96.3 Å². The first-order valence-electron chi connectivity index (χ1n) is 11.5. The van der Waals surface area contributed by atoms with Crippen LogP contribution >= 0.6 is 0 Å². The van der Waals surface area contributed by atoms with Crippen molar-refractivity contribution < 1.29 is 37.1 Å². The Bertz CT molecular complexity index is 1320. The molecule has 2 aromatic rings. The third-order valence-corrected chi connectivity index (χ3v) is 7.38. The number of benzene rings is 1. The summed E-state index contributed by atoms with van der Waals surface area (Å²) in [7, 11) is -4.51. The van der Waals surface area contributed by atoms with Gasteiger partial charge in [0.05, 0.1) is 12.9 Å². The highest BCUT2D eigenvalue weighted by Gasteiger charge is 2.51. The Hall–Kier alpha value is -3.12. The largest absolute Gasteiger partial charge is 0.387 e. The Kier molecular flexibility index (Phi) is 6.88. The SMILES string of the molecule is NC1NC(=O)C2N=CN([C@@H]3O[C@H](COS(=O)(=O)NC(=O)CCc4c[nH]c5ccccc45)[C@H](O)[C@@H]3O)C2N1. The van der Waals surface area contributed by atoms with Crippen molar-refractivity contribution in [3.05, 3.63) is 36.0 Å². The van der Waals surface area contributed by atoms with Crippen LogP contribution < -0.4 is 21.1 Å². The topological polar surface area (TPSA) is 221 Å². The number of aliphatic imine (C=N–C) groups is 1. The average Bonchev–Trinajstić information content (AvgIpc) is 3.53. The molecule has 16 heteroatoms. The molecule has 1 aromatic heterocycles. The first kappa shape index (κ1) is 25.5. The number of hydrogen-bond acceptors (Lipinski definition) is 12. The van der Waals surface area contributed by atoms with Crippen LogP contribution in [0.4, 0.5) is 0 Å². The molecule has 0 spiro atoms. The fourth-order valence-corrected chi connectivity index (χ4v) is 5.37. The maximum absolute atomic E-state index is 12.3. The molecule has 4 heterocycles. The maximum atomic E-state index is 12.3. The van der Waals surface area contributed by atoms with Crippen LogP contribution in [-0.2, 0) is 35.2 Å². The molecule has 3 aliphatic rings. The zero-order valence-corrected chi connectivity index (χ0v) is 20.2. The van der Waals surface area contributed by atoms with Crippen molar-refractivity contribution >= 4 is 39.4 Å². The standard InChI is InChI=1S/C21H27N7O8S/c22-21-25-18-15(19(32)26-21)24-9-28(18)20-17(31)16(30)13(36-20)8-35-37(33,34)27-14(29)6-5-10-7-23-12-4-2-1-3-11(10)12/h1-4,7,9,13,15-18,20-21,23,25,30-31H,5-6,8,22H2,(H,26,32)(H,27,29)/t13-,15?,16+,17+,18?,20-,21?/m1/s1. The van der Waals surface area contributed by atoms with E-state index in [4.69, 9.17) is 14.7 Å². The summed E-state index contributed by atoms with van der Waals surface area (Å²) in [4.78, 5) is 32.9. The van der Waals surface area contributed by atoms with Gasteiger partial charge in [0.1, 0.15) is 30.8 Å². The molecule has 3 unspecified atom stereocenters. The Morgan fingerprint density at radius 1 is 1.27 bits per heavy atom. The van der Waals surface area contributed by atoms with E-state index in [-0.39, 0.29) is 6.42 Å². The van der Waals surface area contributed by atoms with Crippen molar-refractivity contribution in [2.75, 3.05) is 6.61 Å². The predicted octanol–water partition coefficient (Wildman–Crippen LogP) is -3.07. The van der Waals surface area contributed by atoms with Gasteiger partial charge in [0, 0.05) is 23.5 Å². The van der Waals surface area contributed by atoms with E-state index in [1.807, 2.05) is 29.0 Å². The lowest BCUT2D eigenvalue weighted by molar-refractivity contribution is -0.130. The number of carbonyl (C=O) groups excluding carboxylic acids is 2. The van der Waals surface area contributed by atoms with Gasteiger partial charge < -0.3 is 30.2 Å². The van der Waals surface area contributed by atoms with Gasteiger partial charge >= 0.3 is 10.3 Å². The lowest BCUT2D eigenvalue weighted by atomic mass is 10.1. The third kappa shape index (κ3) is 5.17. The first-order valence-corrected chi connectivity index (χ1v) is 12.9.